The smallest absolute Gasteiger partial charge is 0.316 e. The van der Waals surface area contributed by atoms with Crippen molar-refractivity contribution in [2.45, 2.75) is 100 Å². The number of rotatable bonds is 12. The fourth-order valence-corrected chi connectivity index (χ4v) is 8.70. The summed E-state index contributed by atoms with van der Waals surface area (Å²) in [5, 5.41) is 17.7. The minimum Gasteiger partial charge on any atom is -0.468 e. The zero-order valence-electron chi connectivity index (χ0n) is 33.5. The third-order valence-corrected chi connectivity index (χ3v) is 12.0. The van der Waals surface area contributed by atoms with Crippen LogP contribution in [0.25, 0.3) is 29.9 Å². The van der Waals surface area contributed by atoms with Crippen LogP contribution in [0.4, 0.5) is 0 Å². The van der Waals surface area contributed by atoms with Crippen LogP contribution in [0.5, 0.6) is 0 Å². The first-order valence-corrected chi connectivity index (χ1v) is 19.6. The molecule has 9 nitrogen and oxygen atoms in total. The molecule has 5 N–H and O–H groups in total. The summed E-state index contributed by atoms with van der Waals surface area (Å²) in [5.41, 5.74) is 13.2. The molecular formula is C45H58N4O5. The Hall–Kier alpha value is -4.76. The Morgan fingerprint density at radius 3 is 2.39 bits per heavy atom. The lowest BCUT2D eigenvalue weighted by molar-refractivity contribution is -0.146. The van der Waals surface area contributed by atoms with Crippen LogP contribution in [0.2, 0.25) is 0 Å². The molecule has 54 heavy (non-hydrogen) atoms. The van der Waals surface area contributed by atoms with E-state index in [1.54, 1.807) is 0 Å². The maximum Gasteiger partial charge on any atom is 0.316 e. The molecule has 0 amide bonds. The van der Waals surface area contributed by atoms with Gasteiger partial charge in [-0.25, -0.2) is 0 Å². The highest BCUT2D eigenvalue weighted by molar-refractivity contribution is 5.95. The SMILES string of the molecule is C=Cc1c2[nH]c(c1C)/C=C1\N/C(=C3\c4[nH]c(c(C)c4[C@@H](O)[C@@H]3C(=O)OC)/C=c3\[nH]/c(c(C)c3CC)=C\2)[C@@H](CCC(=O)OC/C=C(/C)CCCC(C)C)[C@@H]1C. The number of allylic oxidation sites excluding steroid dienone is 3. The third-order valence-electron chi connectivity index (χ3n) is 12.0. The second-order valence-corrected chi connectivity index (χ2v) is 15.8. The second-order valence-electron chi connectivity index (χ2n) is 15.8. The maximum atomic E-state index is 13.6. The number of nitrogens with one attached hydrogen (secondary N) is 4. The van der Waals surface area contributed by atoms with Gasteiger partial charge < -0.3 is 34.8 Å². The fourth-order valence-electron chi connectivity index (χ4n) is 8.70. The Balaban J connectivity index is 1.47. The Kier molecular flexibility index (Phi) is 11.5. The first kappa shape index (κ1) is 38.9. The molecule has 0 radical (unpaired) electrons. The molecule has 9 heteroatoms. The van der Waals surface area contributed by atoms with Gasteiger partial charge in [0.15, 0.2) is 0 Å². The van der Waals surface area contributed by atoms with Crippen LogP contribution in [0, 0.1) is 44.4 Å². The molecule has 3 aromatic heterocycles. The third kappa shape index (κ3) is 7.22. The van der Waals surface area contributed by atoms with Crippen molar-refractivity contribution in [3.8, 4) is 0 Å². The average molecular weight is 735 g/mol. The van der Waals surface area contributed by atoms with E-state index in [1.807, 2.05) is 19.1 Å². The van der Waals surface area contributed by atoms with Gasteiger partial charge in [0, 0.05) is 74.1 Å². The van der Waals surface area contributed by atoms with Crippen LogP contribution in [-0.4, -0.2) is 45.7 Å². The first-order valence-electron chi connectivity index (χ1n) is 19.6. The number of hydrogen-bond acceptors (Lipinski definition) is 6. The van der Waals surface area contributed by atoms with E-state index < -0.39 is 18.0 Å². The van der Waals surface area contributed by atoms with E-state index in [9.17, 15) is 14.7 Å². The number of fused-ring (bicyclic) bond motifs is 7. The van der Waals surface area contributed by atoms with E-state index in [2.05, 4.69) is 93.5 Å². The van der Waals surface area contributed by atoms with Crippen molar-refractivity contribution < 1.29 is 24.2 Å². The summed E-state index contributed by atoms with van der Waals surface area (Å²) in [4.78, 5) is 37.8. The molecule has 1 fully saturated rings. The molecule has 1 aliphatic carbocycles. The van der Waals surface area contributed by atoms with E-state index in [1.165, 1.54) is 30.2 Å². The number of ether oxygens (including phenoxy) is 2. The zero-order valence-corrected chi connectivity index (χ0v) is 33.5. The molecule has 6 rings (SSSR count). The van der Waals surface area contributed by atoms with Crippen LogP contribution in [-0.2, 0) is 25.5 Å². The largest absolute Gasteiger partial charge is 0.468 e. The lowest BCUT2D eigenvalue weighted by atomic mass is 9.84. The molecule has 2 aliphatic heterocycles. The van der Waals surface area contributed by atoms with Crippen molar-refractivity contribution in [1.82, 2.24) is 20.3 Å². The molecule has 1 saturated heterocycles. The van der Waals surface area contributed by atoms with Gasteiger partial charge in [0.05, 0.1) is 18.9 Å². The molecule has 0 unspecified atom stereocenters. The first-order chi connectivity index (χ1) is 25.8. The predicted octanol–water partition coefficient (Wildman–Crippen LogP) is 7.31. The number of esters is 2. The molecule has 4 atom stereocenters. The Bertz CT molecular complexity index is 2180. The average Bonchev–Trinajstić information content (AvgIpc) is 3.87. The van der Waals surface area contributed by atoms with E-state index in [-0.39, 0.29) is 30.8 Å². The van der Waals surface area contributed by atoms with Crippen LogP contribution < -0.4 is 16.0 Å². The Morgan fingerprint density at radius 1 is 0.981 bits per heavy atom. The highest BCUT2D eigenvalue weighted by atomic mass is 16.5. The lowest BCUT2D eigenvalue weighted by Gasteiger charge is -2.21. The summed E-state index contributed by atoms with van der Waals surface area (Å²) in [6, 6.07) is 0. The molecule has 0 saturated carbocycles. The number of methoxy groups -OCH3 is 1. The molecule has 288 valence electrons. The topological polar surface area (TPSA) is 132 Å². The minimum atomic E-state index is -1.11. The van der Waals surface area contributed by atoms with Gasteiger partial charge >= 0.3 is 11.9 Å². The van der Waals surface area contributed by atoms with Crippen LogP contribution >= 0.6 is 0 Å². The number of carbonyl (C=O) groups excluding carboxylic acids is 2. The maximum absolute atomic E-state index is 13.6. The number of aromatic amines is 3. The van der Waals surface area contributed by atoms with E-state index >= 15 is 0 Å². The Morgan fingerprint density at radius 2 is 1.70 bits per heavy atom. The molecular weight excluding hydrogens is 677 g/mol. The van der Waals surface area contributed by atoms with E-state index in [4.69, 9.17) is 9.47 Å². The van der Waals surface area contributed by atoms with Crippen molar-refractivity contribution in [2.75, 3.05) is 13.7 Å². The number of hydrogen-bond donors (Lipinski definition) is 5. The molecule has 0 aromatic carbocycles. The van der Waals surface area contributed by atoms with Gasteiger partial charge in [0.1, 0.15) is 12.5 Å². The highest BCUT2D eigenvalue weighted by Gasteiger charge is 2.48. The second kappa shape index (κ2) is 15.9. The van der Waals surface area contributed by atoms with Gasteiger partial charge in [0.2, 0.25) is 0 Å². The van der Waals surface area contributed by atoms with Crippen molar-refractivity contribution >= 4 is 41.8 Å². The predicted molar refractivity (Wildman–Crippen MR) is 216 cm³/mol. The van der Waals surface area contributed by atoms with Gasteiger partial charge in [-0.05, 0) is 106 Å². The number of aliphatic hydroxyl groups excluding tert-OH is 1. The monoisotopic (exact) mass is 734 g/mol. The van der Waals surface area contributed by atoms with Crippen molar-refractivity contribution in [2.24, 2.45) is 23.7 Å². The van der Waals surface area contributed by atoms with Crippen LogP contribution in [0.3, 0.4) is 0 Å². The minimum absolute atomic E-state index is 0.0529. The molecule has 0 spiro atoms. The number of aromatic nitrogens is 3. The van der Waals surface area contributed by atoms with Crippen molar-refractivity contribution in [3.63, 3.8) is 0 Å². The van der Waals surface area contributed by atoms with E-state index in [0.29, 0.717) is 23.5 Å². The van der Waals surface area contributed by atoms with Gasteiger partial charge in [0.25, 0.3) is 0 Å². The van der Waals surface area contributed by atoms with Crippen molar-refractivity contribution in [1.29, 1.82) is 0 Å². The quantitative estimate of drug-likeness (QED) is 0.0980. The summed E-state index contributed by atoms with van der Waals surface area (Å²) in [6.07, 6.45) is 14.0. The van der Waals surface area contributed by atoms with Gasteiger partial charge in [-0.1, -0.05) is 52.3 Å². The fraction of sp³-hybridized carbons (Fsp3) is 0.467. The highest BCUT2D eigenvalue weighted by Crippen LogP contribution is 2.52. The summed E-state index contributed by atoms with van der Waals surface area (Å²) >= 11 is 0. The number of H-pyrrole nitrogens is 3. The van der Waals surface area contributed by atoms with Crippen LogP contribution in [0.1, 0.15) is 129 Å². The summed E-state index contributed by atoms with van der Waals surface area (Å²) in [5.74, 6) is -1.27. The summed E-state index contributed by atoms with van der Waals surface area (Å²) in [7, 11) is 1.36. The summed E-state index contributed by atoms with van der Waals surface area (Å²) in [6.45, 7) is 21.5. The molecule has 5 heterocycles. The standard InChI is InChI=1S/C45H58N4O5/c1-11-29-25(6)32-20-34-27(8)31(16-17-38(50)54-19-18-24(5)15-13-14-23(3)4)42(48-34)40-41(45(52)53-10)44(51)39-28(9)35(49-43(39)40)22-37-30(12-2)26(7)33(47-37)21-36(29)46-32/h11,18,20-23,27,31,41,44,46-49,51H,1,12-17,19H2,2-10H3/b24-18-,33-21-,34-20-,37-22-,42-40-/t27-,31-,41+,44+/m0/s1. The molecule has 3 aliphatic rings. The Labute approximate surface area is 319 Å². The molecule has 3 aromatic rings. The van der Waals surface area contributed by atoms with Crippen molar-refractivity contribution in [3.05, 3.63) is 96.5 Å². The number of aliphatic hydroxyl groups is 1. The lowest BCUT2D eigenvalue weighted by Crippen LogP contribution is -2.24. The van der Waals surface area contributed by atoms with Gasteiger partial charge in [-0.15, -0.1) is 0 Å². The summed E-state index contributed by atoms with van der Waals surface area (Å²) < 4.78 is 11.0. The zero-order chi connectivity index (χ0) is 39.0. The molecule has 8 bridgehead atoms. The van der Waals surface area contributed by atoms with Gasteiger partial charge in [-0.3, -0.25) is 9.59 Å². The van der Waals surface area contributed by atoms with Gasteiger partial charge in [-0.2, -0.15) is 0 Å². The van der Waals surface area contributed by atoms with E-state index in [0.717, 1.165) is 80.8 Å². The number of carbonyl (C=O) groups is 2. The van der Waals surface area contributed by atoms with Crippen LogP contribution in [0.15, 0.2) is 29.6 Å². The normalized spacial score (nSPS) is 24.0.